The Morgan fingerprint density at radius 2 is 1.79 bits per heavy atom. The molecule has 0 aliphatic rings. The minimum atomic E-state index is -0.159. The molecule has 0 saturated carbocycles. The van der Waals surface area contributed by atoms with Gasteiger partial charge in [0.1, 0.15) is 5.75 Å². The molecule has 0 bridgehead atoms. The van der Waals surface area contributed by atoms with Crippen LogP contribution in [0.5, 0.6) is 5.75 Å². The average molecular weight is 390 g/mol. The van der Waals surface area contributed by atoms with E-state index in [1.54, 1.807) is 0 Å². The van der Waals surface area contributed by atoms with Gasteiger partial charge in [0, 0.05) is 10.2 Å². The van der Waals surface area contributed by atoms with Crippen molar-refractivity contribution in [2.75, 3.05) is 11.9 Å². The Labute approximate surface area is 152 Å². The first-order valence-electron chi connectivity index (χ1n) is 8.08. The lowest BCUT2D eigenvalue weighted by atomic mass is 10.0. The first-order valence-corrected chi connectivity index (χ1v) is 8.87. The van der Waals surface area contributed by atoms with Crippen molar-refractivity contribution in [2.24, 2.45) is 0 Å². The third-order valence-electron chi connectivity index (χ3n) is 4.06. The van der Waals surface area contributed by atoms with Crippen LogP contribution in [-0.2, 0) is 4.79 Å². The molecule has 0 radical (unpaired) electrons. The molecule has 0 fully saturated rings. The van der Waals surface area contributed by atoms with Crippen molar-refractivity contribution < 1.29 is 9.53 Å². The van der Waals surface area contributed by atoms with E-state index >= 15 is 0 Å². The summed E-state index contributed by atoms with van der Waals surface area (Å²) in [5.74, 6) is 0.925. The highest BCUT2D eigenvalue weighted by Gasteiger charge is 2.12. The third-order valence-corrected chi connectivity index (χ3v) is 4.92. The molecule has 1 N–H and O–H groups in total. The minimum absolute atomic E-state index is 0.00623. The molecular weight excluding hydrogens is 366 g/mol. The molecule has 3 nitrogen and oxygen atoms in total. The van der Waals surface area contributed by atoms with Crippen molar-refractivity contribution in [1.29, 1.82) is 0 Å². The van der Waals surface area contributed by atoms with E-state index in [-0.39, 0.29) is 12.5 Å². The highest BCUT2D eigenvalue weighted by molar-refractivity contribution is 9.10. The molecule has 2 rings (SSSR count). The number of carbonyl (C=O) groups excluding carboxylic acids is 1. The van der Waals surface area contributed by atoms with Gasteiger partial charge in [-0.2, -0.15) is 0 Å². The van der Waals surface area contributed by atoms with Crippen LogP contribution in [0, 0.1) is 20.8 Å². The highest BCUT2D eigenvalue weighted by atomic mass is 79.9. The van der Waals surface area contributed by atoms with Crippen molar-refractivity contribution in [3.05, 3.63) is 57.1 Å². The van der Waals surface area contributed by atoms with E-state index in [0.29, 0.717) is 5.92 Å². The minimum Gasteiger partial charge on any atom is -0.483 e. The molecule has 2 aromatic rings. The summed E-state index contributed by atoms with van der Waals surface area (Å²) in [5.41, 5.74) is 5.33. The number of carbonyl (C=O) groups is 1. The molecule has 0 aromatic heterocycles. The number of halogens is 1. The summed E-state index contributed by atoms with van der Waals surface area (Å²) in [4.78, 5) is 12.2. The number of hydrogen-bond donors (Lipinski definition) is 1. The van der Waals surface area contributed by atoms with Gasteiger partial charge in [-0.15, -0.1) is 0 Å². The van der Waals surface area contributed by atoms with Crippen molar-refractivity contribution in [3.8, 4) is 5.75 Å². The molecule has 0 spiro atoms. The second kappa shape index (κ2) is 7.84. The molecule has 0 aliphatic carbocycles. The summed E-state index contributed by atoms with van der Waals surface area (Å²) < 4.78 is 6.84. The van der Waals surface area contributed by atoms with Crippen LogP contribution in [-0.4, -0.2) is 12.5 Å². The summed E-state index contributed by atoms with van der Waals surface area (Å²) in [6.45, 7) is 10.3. The van der Waals surface area contributed by atoms with Crippen LogP contribution in [0.25, 0.3) is 0 Å². The second-order valence-electron chi connectivity index (χ2n) is 6.43. The smallest absolute Gasteiger partial charge is 0.262 e. The van der Waals surface area contributed by atoms with Gasteiger partial charge >= 0.3 is 0 Å². The quantitative estimate of drug-likeness (QED) is 0.731. The van der Waals surface area contributed by atoms with Crippen molar-refractivity contribution in [1.82, 2.24) is 0 Å². The molecule has 4 heteroatoms. The molecule has 2 aromatic carbocycles. The summed E-state index contributed by atoms with van der Waals surface area (Å²) >= 11 is 3.55. The highest BCUT2D eigenvalue weighted by Crippen LogP contribution is 2.32. The van der Waals surface area contributed by atoms with E-state index in [1.165, 1.54) is 5.56 Å². The Kier molecular flexibility index (Phi) is 6.05. The molecular formula is C20H24BrNO2. The molecule has 0 atom stereocenters. The van der Waals surface area contributed by atoms with Crippen LogP contribution in [0.4, 0.5) is 5.69 Å². The number of hydrogen-bond acceptors (Lipinski definition) is 2. The van der Waals surface area contributed by atoms with Gasteiger partial charge in [0.15, 0.2) is 6.61 Å². The van der Waals surface area contributed by atoms with Crippen molar-refractivity contribution >= 4 is 27.5 Å². The van der Waals surface area contributed by atoms with Crippen LogP contribution in [0.2, 0.25) is 0 Å². The summed E-state index contributed by atoms with van der Waals surface area (Å²) in [7, 11) is 0. The Bertz CT molecular complexity index is 754. The van der Waals surface area contributed by atoms with Gasteiger partial charge in [0.2, 0.25) is 0 Å². The van der Waals surface area contributed by atoms with Gasteiger partial charge in [-0.25, -0.2) is 0 Å². The van der Waals surface area contributed by atoms with Gasteiger partial charge in [0.05, 0.1) is 0 Å². The molecule has 0 unspecified atom stereocenters. The maximum atomic E-state index is 12.2. The zero-order valence-electron chi connectivity index (χ0n) is 14.9. The Morgan fingerprint density at radius 3 is 2.42 bits per heavy atom. The summed E-state index contributed by atoms with van der Waals surface area (Å²) in [6, 6.07) is 9.92. The van der Waals surface area contributed by atoms with E-state index in [1.807, 2.05) is 45.0 Å². The zero-order valence-corrected chi connectivity index (χ0v) is 16.5. The number of anilines is 1. The van der Waals surface area contributed by atoms with Gasteiger partial charge in [0.25, 0.3) is 5.91 Å². The van der Waals surface area contributed by atoms with E-state index in [4.69, 9.17) is 4.74 Å². The predicted octanol–water partition coefficient (Wildman–Crippen LogP) is 5.52. The fourth-order valence-corrected chi connectivity index (χ4v) is 2.77. The van der Waals surface area contributed by atoms with Crippen LogP contribution < -0.4 is 10.1 Å². The van der Waals surface area contributed by atoms with E-state index in [2.05, 4.69) is 41.2 Å². The monoisotopic (exact) mass is 389 g/mol. The lowest BCUT2D eigenvalue weighted by Crippen LogP contribution is -2.20. The Hall–Kier alpha value is -1.81. The first kappa shape index (κ1) is 18.5. The SMILES string of the molecule is Cc1ccc(NC(=O)COc2cc(C)c(Br)cc2C(C)C)cc1C. The van der Waals surface area contributed by atoms with Crippen LogP contribution in [0.15, 0.2) is 34.8 Å². The largest absolute Gasteiger partial charge is 0.483 e. The van der Waals surface area contributed by atoms with Crippen LogP contribution in [0.1, 0.15) is 42.0 Å². The van der Waals surface area contributed by atoms with Crippen molar-refractivity contribution in [2.45, 2.75) is 40.5 Å². The maximum Gasteiger partial charge on any atom is 0.262 e. The van der Waals surface area contributed by atoms with Gasteiger partial charge in [-0.05, 0) is 73.2 Å². The second-order valence-corrected chi connectivity index (χ2v) is 7.28. The molecule has 0 saturated heterocycles. The number of benzene rings is 2. The summed E-state index contributed by atoms with van der Waals surface area (Å²) in [6.07, 6.45) is 0. The molecule has 128 valence electrons. The lowest BCUT2D eigenvalue weighted by molar-refractivity contribution is -0.118. The first-order chi connectivity index (χ1) is 11.3. The standard InChI is InChI=1S/C20H24BrNO2/c1-12(2)17-10-18(21)15(5)9-19(17)24-11-20(23)22-16-7-6-13(3)14(4)8-16/h6-10,12H,11H2,1-5H3,(H,22,23). The van der Waals surface area contributed by atoms with E-state index in [0.717, 1.165) is 32.6 Å². The topological polar surface area (TPSA) is 38.3 Å². The average Bonchev–Trinajstić information content (AvgIpc) is 2.51. The number of rotatable bonds is 5. The maximum absolute atomic E-state index is 12.2. The van der Waals surface area contributed by atoms with Crippen LogP contribution in [0.3, 0.4) is 0 Å². The zero-order chi connectivity index (χ0) is 17.9. The third kappa shape index (κ3) is 4.60. The fraction of sp³-hybridized carbons (Fsp3) is 0.350. The van der Waals surface area contributed by atoms with Gasteiger partial charge < -0.3 is 10.1 Å². The predicted molar refractivity (Wildman–Crippen MR) is 103 cm³/mol. The Balaban J connectivity index is 2.06. The number of nitrogens with one attached hydrogen (secondary N) is 1. The lowest BCUT2D eigenvalue weighted by Gasteiger charge is -2.16. The number of aryl methyl sites for hydroxylation is 3. The molecule has 24 heavy (non-hydrogen) atoms. The van der Waals surface area contributed by atoms with Crippen molar-refractivity contribution in [3.63, 3.8) is 0 Å². The van der Waals surface area contributed by atoms with Gasteiger partial charge in [-0.1, -0.05) is 35.8 Å². The summed E-state index contributed by atoms with van der Waals surface area (Å²) in [5, 5.41) is 2.88. The van der Waals surface area contributed by atoms with Gasteiger partial charge in [-0.3, -0.25) is 4.79 Å². The molecule has 0 heterocycles. The molecule has 0 aliphatic heterocycles. The fourth-order valence-electron chi connectivity index (χ4n) is 2.41. The van der Waals surface area contributed by atoms with E-state index in [9.17, 15) is 4.79 Å². The normalized spacial score (nSPS) is 10.8. The van der Waals surface area contributed by atoms with E-state index < -0.39 is 0 Å². The Morgan fingerprint density at radius 1 is 1.08 bits per heavy atom. The van der Waals surface area contributed by atoms with Crippen LogP contribution >= 0.6 is 15.9 Å². The molecule has 1 amide bonds. The number of amides is 1. The number of ether oxygens (including phenoxy) is 1.